The third-order valence-electron chi connectivity index (χ3n) is 2.40. The molecule has 106 valence electrons. The lowest BCUT2D eigenvalue weighted by Crippen LogP contribution is -2.47. The summed E-state index contributed by atoms with van der Waals surface area (Å²) >= 11 is 0. The predicted octanol–water partition coefficient (Wildman–Crippen LogP) is -0.193. The van der Waals surface area contributed by atoms with Gasteiger partial charge in [-0.2, -0.15) is 4.72 Å². The van der Waals surface area contributed by atoms with Crippen LogP contribution >= 0.6 is 0 Å². The zero-order chi connectivity index (χ0) is 14.6. The third-order valence-corrected chi connectivity index (χ3v) is 3.86. The van der Waals surface area contributed by atoms with Crippen LogP contribution in [0.15, 0.2) is 29.2 Å². The number of aliphatic hydroxyl groups is 1. The van der Waals surface area contributed by atoms with Crippen molar-refractivity contribution in [2.45, 2.75) is 24.0 Å². The lowest BCUT2D eigenvalue weighted by atomic mass is 10.2. The Bertz CT molecular complexity index is 537. The molecule has 0 amide bonds. The summed E-state index contributed by atoms with van der Waals surface area (Å²) in [6.07, 6.45) is -1.36. The van der Waals surface area contributed by atoms with E-state index in [-0.39, 0.29) is 4.90 Å². The van der Waals surface area contributed by atoms with Gasteiger partial charge in [-0.1, -0.05) is 0 Å². The number of carboxylic acid groups (broad SMARTS) is 1. The van der Waals surface area contributed by atoms with Crippen LogP contribution in [0.2, 0.25) is 0 Å². The molecular weight excluding hydrogens is 274 g/mol. The molecule has 8 heteroatoms. The van der Waals surface area contributed by atoms with Gasteiger partial charge in [0.15, 0.2) is 0 Å². The van der Waals surface area contributed by atoms with Crippen LogP contribution < -0.4 is 9.46 Å². The first-order valence-electron chi connectivity index (χ1n) is 5.35. The van der Waals surface area contributed by atoms with Crippen LogP contribution in [0, 0.1) is 0 Å². The van der Waals surface area contributed by atoms with E-state index in [1.54, 1.807) is 0 Å². The van der Waals surface area contributed by atoms with Gasteiger partial charge in [-0.15, -0.1) is 0 Å². The summed E-state index contributed by atoms with van der Waals surface area (Å²) < 4.78 is 30.7. The summed E-state index contributed by atoms with van der Waals surface area (Å²) in [6, 6.07) is 3.83. The summed E-state index contributed by atoms with van der Waals surface area (Å²) in [4.78, 5) is 10.7. The smallest absolute Gasteiger partial charge is 0.324 e. The molecule has 1 rings (SSSR count). The Morgan fingerprint density at radius 2 is 1.84 bits per heavy atom. The van der Waals surface area contributed by atoms with E-state index < -0.39 is 28.1 Å². The number of methoxy groups -OCH3 is 1. The Labute approximate surface area is 110 Å². The van der Waals surface area contributed by atoms with Crippen molar-refractivity contribution >= 4 is 16.0 Å². The number of carbonyl (C=O) groups is 1. The van der Waals surface area contributed by atoms with Crippen LogP contribution in [0.3, 0.4) is 0 Å². The molecule has 7 nitrogen and oxygen atoms in total. The SMILES string of the molecule is COc1ccc(S(=O)(=O)N[C@H](C(=O)O)[C@H](C)O)cc1. The van der Waals surface area contributed by atoms with Gasteiger partial charge in [0.1, 0.15) is 11.8 Å². The summed E-state index contributed by atoms with van der Waals surface area (Å²) in [5.74, 6) is -0.976. The molecule has 0 heterocycles. The van der Waals surface area contributed by atoms with Crippen LogP contribution in [-0.4, -0.2) is 43.9 Å². The molecule has 0 bridgehead atoms. The maximum absolute atomic E-state index is 11.9. The largest absolute Gasteiger partial charge is 0.497 e. The van der Waals surface area contributed by atoms with Crippen LogP contribution in [0.1, 0.15) is 6.92 Å². The molecule has 0 aliphatic carbocycles. The third kappa shape index (κ3) is 3.91. The summed E-state index contributed by atoms with van der Waals surface area (Å²) in [5, 5.41) is 18.1. The lowest BCUT2D eigenvalue weighted by molar-refractivity contribution is -0.141. The molecule has 1 aromatic carbocycles. The van der Waals surface area contributed by atoms with Gasteiger partial charge in [0.05, 0.1) is 18.1 Å². The van der Waals surface area contributed by atoms with E-state index in [9.17, 15) is 18.3 Å². The lowest BCUT2D eigenvalue weighted by Gasteiger charge is -2.17. The Hall–Kier alpha value is -1.64. The number of hydrogen-bond acceptors (Lipinski definition) is 5. The monoisotopic (exact) mass is 289 g/mol. The fourth-order valence-corrected chi connectivity index (χ4v) is 2.61. The zero-order valence-corrected chi connectivity index (χ0v) is 11.2. The molecule has 0 saturated carbocycles. The first-order valence-corrected chi connectivity index (χ1v) is 6.83. The van der Waals surface area contributed by atoms with Crippen molar-refractivity contribution in [1.29, 1.82) is 0 Å². The van der Waals surface area contributed by atoms with E-state index >= 15 is 0 Å². The van der Waals surface area contributed by atoms with Crippen LogP contribution in [0.25, 0.3) is 0 Å². The molecule has 19 heavy (non-hydrogen) atoms. The minimum atomic E-state index is -4.02. The first-order chi connectivity index (χ1) is 8.77. The van der Waals surface area contributed by atoms with Gasteiger partial charge in [-0.05, 0) is 31.2 Å². The van der Waals surface area contributed by atoms with Crippen molar-refractivity contribution in [1.82, 2.24) is 4.72 Å². The molecule has 0 unspecified atom stereocenters. The fraction of sp³-hybridized carbons (Fsp3) is 0.364. The van der Waals surface area contributed by atoms with Crippen LogP contribution in [-0.2, 0) is 14.8 Å². The highest BCUT2D eigenvalue weighted by Gasteiger charge is 2.29. The van der Waals surface area contributed by atoms with Crippen molar-refractivity contribution in [3.63, 3.8) is 0 Å². The predicted molar refractivity (Wildman–Crippen MR) is 66.4 cm³/mol. The molecule has 0 radical (unpaired) electrons. The fourth-order valence-electron chi connectivity index (χ4n) is 1.35. The number of ether oxygens (including phenoxy) is 1. The number of aliphatic hydroxyl groups excluding tert-OH is 1. The topological polar surface area (TPSA) is 113 Å². The van der Waals surface area contributed by atoms with Gasteiger partial charge in [-0.25, -0.2) is 8.42 Å². The number of rotatable bonds is 6. The minimum absolute atomic E-state index is 0.111. The van der Waals surface area contributed by atoms with Crippen molar-refractivity contribution in [3.05, 3.63) is 24.3 Å². The maximum atomic E-state index is 11.9. The van der Waals surface area contributed by atoms with E-state index in [1.807, 2.05) is 4.72 Å². The van der Waals surface area contributed by atoms with Crippen molar-refractivity contribution < 1.29 is 28.2 Å². The van der Waals surface area contributed by atoms with Gasteiger partial charge < -0.3 is 14.9 Å². The normalized spacial score (nSPS) is 14.7. The Morgan fingerprint density at radius 3 is 2.21 bits per heavy atom. The molecule has 0 aliphatic heterocycles. The van der Waals surface area contributed by atoms with E-state index in [1.165, 1.54) is 38.3 Å². The van der Waals surface area contributed by atoms with Gasteiger partial charge >= 0.3 is 5.97 Å². The molecule has 0 saturated heterocycles. The van der Waals surface area contributed by atoms with E-state index in [0.29, 0.717) is 5.75 Å². The highest BCUT2D eigenvalue weighted by atomic mass is 32.2. The van der Waals surface area contributed by atoms with E-state index in [4.69, 9.17) is 9.84 Å². The van der Waals surface area contributed by atoms with Crippen LogP contribution in [0.5, 0.6) is 5.75 Å². The quantitative estimate of drug-likeness (QED) is 0.669. The van der Waals surface area contributed by atoms with Crippen molar-refractivity contribution in [2.24, 2.45) is 0 Å². The molecule has 0 spiro atoms. The van der Waals surface area contributed by atoms with Crippen molar-refractivity contribution in [3.8, 4) is 5.75 Å². The molecule has 0 aliphatic rings. The maximum Gasteiger partial charge on any atom is 0.324 e. The molecule has 0 fully saturated rings. The summed E-state index contributed by atoms with van der Waals surface area (Å²) in [6.45, 7) is 1.19. The Balaban J connectivity index is 2.99. The van der Waals surface area contributed by atoms with Crippen LogP contribution in [0.4, 0.5) is 0 Å². The summed E-state index contributed by atoms with van der Waals surface area (Å²) in [7, 11) is -2.58. The second-order valence-corrected chi connectivity index (χ2v) is 5.57. The van der Waals surface area contributed by atoms with Gasteiger partial charge in [0.25, 0.3) is 0 Å². The minimum Gasteiger partial charge on any atom is -0.497 e. The number of aliphatic carboxylic acids is 1. The molecule has 0 aromatic heterocycles. The van der Waals surface area contributed by atoms with Gasteiger partial charge in [0.2, 0.25) is 10.0 Å². The Kier molecular flexibility index (Phi) is 4.87. The Morgan fingerprint density at radius 1 is 1.32 bits per heavy atom. The zero-order valence-electron chi connectivity index (χ0n) is 10.4. The number of carboxylic acids is 1. The van der Waals surface area contributed by atoms with Gasteiger partial charge in [-0.3, -0.25) is 4.79 Å². The first kappa shape index (κ1) is 15.4. The number of benzene rings is 1. The molecule has 3 N–H and O–H groups in total. The highest BCUT2D eigenvalue weighted by molar-refractivity contribution is 7.89. The van der Waals surface area contributed by atoms with E-state index in [2.05, 4.69) is 0 Å². The average Bonchev–Trinajstić information content (AvgIpc) is 2.35. The molecular formula is C11H15NO6S. The number of sulfonamides is 1. The van der Waals surface area contributed by atoms with Gasteiger partial charge in [0, 0.05) is 0 Å². The van der Waals surface area contributed by atoms with E-state index in [0.717, 1.165) is 0 Å². The number of hydrogen-bond donors (Lipinski definition) is 3. The second kappa shape index (κ2) is 6.00. The highest BCUT2D eigenvalue weighted by Crippen LogP contribution is 2.16. The second-order valence-electron chi connectivity index (χ2n) is 3.85. The van der Waals surface area contributed by atoms with Crippen molar-refractivity contribution in [2.75, 3.05) is 7.11 Å². The summed E-state index contributed by atoms with van der Waals surface area (Å²) in [5.41, 5.74) is 0. The standard InChI is InChI=1S/C11H15NO6S/c1-7(13)10(11(14)15)12-19(16,17)9-5-3-8(18-2)4-6-9/h3-7,10,12-13H,1-2H3,(H,14,15)/t7-,10-/m0/s1. The average molecular weight is 289 g/mol. The molecule has 2 atom stereocenters. The number of nitrogens with one attached hydrogen (secondary N) is 1. The molecule has 1 aromatic rings.